The standard InChI is InChI=1S/C16H24N2O2/c1-4-18-16(12-17,15-9-7-6-8-10-15)13-20-14(3)11-19-5-2/h6-10,14,18H,4-5,11,13H2,1-3H3. The molecule has 4 nitrogen and oxygen atoms in total. The molecule has 4 heteroatoms. The van der Waals surface area contributed by atoms with Gasteiger partial charge >= 0.3 is 0 Å². The van der Waals surface area contributed by atoms with Crippen LogP contribution in [-0.2, 0) is 15.0 Å². The van der Waals surface area contributed by atoms with Crippen LogP contribution in [0.15, 0.2) is 30.3 Å². The van der Waals surface area contributed by atoms with Crippen LogP contribution in [0.4, 0.5) is 0 Å². The number of nitrogens with one attached hydrogen (secondary N) is 1. The molecule has 2 unspecified atom stereocenters. The summed E-state index contributed by atoms with van der Waals surface area (Å²) in [5, 5.41) is 12.9. The average Bonchev–Trinajstić information content (AvgIpc) is 2.50. The minimum atomic E-state index is -0.809. The summed E-state index contributed by atoms with van der Waals surface area (Å²) in [6.07, 6.45) is -0.0370. The van der Waals surface area contributed by atoms with Gasteiger partial charge in [0.15, 0.2) is 5.54 Å². The van der Waals surface area contributed by atoms with Gasteiger partial charge in [-0.1, -0.05) is 37.3 Å². The van der Waals surface area contributed by atoms with Crippen LogP contribution >= 0.6 is 0 Å². The predicted octanol–water partition coefficient (Wildman–Crippen LogP) is 2.46. The van der Waals surface area contributed by atoms with Crippen molar-refractivity contribution < 1.29 is 9.47 Å². The van der Waals surface area contributed by atoms with Crippen LogP contribution in [0.3, 0.4) is 0 Å². The highest BCUT2D eigenvalue weighted by Gasteiger charge is 2.32. The van der Waals surface area contributed by atoms with Crippen LogP contribution in [0.25, 0.3) is 0 Å². The largest absolute Gasteiger partial charge is 0.379 e. The van der Waals surface area contributed by atoms with Crippen molar-refractivity contribution in [1.29, 1.82) is 5.26 Å². The summed E-state index contributed by atoms with van der Waals surface area (Å²) in [4.78, 5) is 0. The molecule has 0 bridgehead atoms. The molecule has 0 spiro atoms. The molecule has 0 radical (unpaired) electrons. The molecule has 0 saturated carbocycles. The lowest BCUT2D eigenvalue weighted by Gasteiger charge is -2.29. The molecule has 0 aliphatic heterocycles. The summed E-state index contributed by atoms with van der Waals surface area (Å²) < 4.78 is 11.1. The Kier molecular flexibility index (Phi) is 7.24. The molecule has 110 valence electrons. The Hall–Kier alpha value is -1.41. The van der Waals surface area contributed by atoms with Gasteiger partial charge in [-0.05, 0) is 26.0 Å². The maximum atomic E-state index is 9.63. The van der Waals surface area contributed by atoms with Crippen LogP contribution in [0.2, 0.25) is 0 Å². The van der Waals surface area contributed by atoms with E-state index in [9.17, 15) is 5.26 Å². The fourth-order valence-corrected chi connectivity index (χ4v) is 2.00. The van der Waals surface area contributed by atoms with Crippen molar-refractivity contribution >= 4 is 0 Å². The van der Waals surface area contributed by atoms with Crippen LogP contribution in [0.1, 0.15) is 26.3 Å². The van der Waals surface area contributed by atoms with E-state index < -0.39 is 5.54 Å². The molecular formula is C16H24N2O2. The summed E-state index contributed by atoms with van der Waals surface area (Å²) >= 11 is 0. The van der Waals surface area contributed by atoms with E-state index in [1.54, 1.807) is 0 Å². The molecule has 0 aliphatic carbocycles. The number of rotatable bonds is 9. The van der Waals surface area contributed by atoms with Gasteiger partial charge in [0.1, 0.15) is 0 Å². The van der Waals surface area contributed by atoms with Crippen LogP contribution < -0.4 is 5.32 Å². The Morgan fingerprint density at radius 2 is 2.00 bits per heavy atom. The number of hydrogen-bond donors (Lipinski definition) is 1. The van der Waals surface area contributed by atoms with Gasteiger partial charge in [-0.2, -0.15) is 5.26 Å². The minimum Gasteiger partial charge on any atom is -0.379 e. The van der Waals surface area contributed by atoms with Gasteiger partial charge < -0.3 is 9.47 Å². The lowest BCUT2D eigenvalue weighted by atomic mass is 9.92. The van der Waals surface area contributed by atoms with Gasteiger partial charge in [-0.3, -0.25) is 5.32 Å². The highest BCUT2D eigenvalue weighted by atomic mass is 16.5. The zero-order valence-corrected chi connectivity index (χ0v) is 12.6. The molecule has 1 aromatic rings. The quantitative estimate of drug-likeness (QED) is 0.752. The Labute approximate surface area is 121 Å². The summed E-state index contributed by atoms with van der Waals surface area (Å²) in [7, 11) is 0. The topological polar surface area (TPSA) is 54.3 Å². The Morgan fingerprint density at radius 3 is 2.55 bits per heavy atom. The highest BCUT2D eigenvalue weighted by Crippen LogP contribution is 2.21. The van der Waals surface area contributed by atoms with E-state index in [1.807, 2.05) is 51.1 Å². The van der Waals surface area contributed by atoms with Crippen molar-refractivity contribution in [2.45, 2.75) is 32.4 Å². The maximum absolute atomic E-state index is 9.63. The molecule has 0 heterocycles. The van der Waals surface area contributed by atoms with Crippen molar-refractivity contribution in [3.63, 3.8) is 0 Å². The van der Waals surface area contributed by atoms with Crippen molar-refractivity contribution in [3.05, 3.63) is 35.9 Å². The van der Waals surface area contributed by atoms with Gasteiger partial charge in [-0.25, -0.2) is 0 Å². The fraction of sp³-hybridized carbons (Fsp3) is 0.562. The summed E-state index contributed by atoms with van der Waals surface area (Å²) in [6.45, 7) is 8.10. The minimum absolute atomic E-state index is 0.0370. The van der Waals surface area contributed by atoms with E-state index in [2.05, 4.69) is 11.4 Å². The van der Waals surface area contributed by atoms with E-state index in [-0.39, 0.29) is 6.10 Å². The first-order valence-corrected chi connectivity index (χ1v) is 7.09. The van der Waals surface area contributed by atoms with E-state index >= 15 is 0 Å². The Morgan fingerprint density at radius 1 is 1.30 bits per heavy atom. The summed E-state index contributed by atoms with van der Waals surface area (Å²) in [5.74, 6) is 0. The van der Waals surface area contributed by atoms with Gasteiger partial charge in [-0.15, -0.1) is 0 Å². The Balaban J connectivity index is 2.77. The second kappa shape index (κ2) is 8.70. The zero-order chi connectivity index (χ0) is 14.8. The van der Waals surface area contributed by atoms with E-state index in [1.165, 1.54) is 0 Å². The molecule has 20 heavy (non-hydrogen) atoms. The smallest absolute Gasteiger partial charge is 0.155 e. The van der Waals surface area contributed by atoms with Crippen LogP contribution in [-0.4, -0.2) is 32.5 Å². The summed E-state index contributed by atoms with van der Waals surface area (Å²) in [6, 6.07) is 12.1. The van der Waals surface area contributed by atoms with Gasteiger partial charge in [0.2, 0.25) is 0 Å². The lowest BCUT2D eigenvalue weighted by Crippen LogP contribution is -2.46. The third kappa shape index (κ3) is 4.61. The van der Waals surface area contributed by atoms with Gasteiger partial charge in [0, 0.05) is 6.61 Å². The SMILES string of the molecule is CCNC(C#N)(COC(C)COCC)c1ccccc1. The maximum Gasteiger partial charge on any atom is 0.155 e. The molecule has 1 N–H and O–H groups in total. The third-order valence-electron chi connectivity index (χ3n) is 3.08. The van der Waals surface area contributed by atoms with Crippen LogP contribution in [0.5, 0.6) is 0 Å². The molecule has 0 fully saturated rings. The van der Waals surface area contributed by atoms with Gasteiger partial charge in [0.25, 0.3) is 0 Å². The number of likely N-dealkylation sites (N-methyl/N-ethyl adjacent to an activating group) is 1. The molecule has 2 atom stereocenters. The number of hydrogen-bond acceptors (Lipinski definition) is 4. The second-order valence-corrected chi connectivity index (χ2v) is 4.69. The van der Waals surface area contributed by atoms with Gasteiger partial charge in [0.05, 0.1) is 25.4 Å². The molecule has 0 aliphatic rings. The number of benzene rings is 1. The first kappa shape index (κ1) is 16.6. The highest BCUT2D eigenvalue weighted by molar-refractivity contribution is 5.31. The second-order valence-electron chi connectivity index (χ2n) is 4.69. The number of nitrogens with zero attached hydrogens (tertiary/aromatic N) is 1. The molecular weight excluding hydrogens is 252 g/mol. The van der Waals surface area contributed by atoms with Crippen molar-refractivity contribution in [2.75, 3.05) is 26.4 Å². The number of nitriles is 1. The van der Waals surface area contributed by atoms with E-state index in [0.29, 0.717) is 26.4 Å². The van der Waals surface area contributed by atoms with Crippen molar-refractivity contribution in [3.8, 4) is 6.07 Å². The van der Waals surface area contributed by atoms with Crippen molar-refractivity contribution in [2.24, 2.45) is 0 Å². The molecule has 0 amide bonds. The predicted molar refractivity (Wildman–Crippen MR) is 79.3 cm³/mol. The van der Waals surface area contributed by atoms with Crippen LogP contribution in [0, 0.1) is 11.3 Å². The Bertz CT molecular complexity index is 416. The lowest BCUT2D eigenvalue weighted by molar-refractivity contribution is -0.0207. The third-order valence-corrected chi connectivity index (χ3v) is 3.08. The average molecular weight is 276 g/mol. The zero-order valence-electron chi connectivity index (χ0n) is 12.6. The normalized spacial score (nSPS) is 15.3. The monoisotopic (exact) mass is 276 g/mol. The first-order chi connectivity index (χ1) is 9.68. The van der Waals surface area contributed by atoms with E-state index in [0.717, 1.165) is 5.56 Å². The molecule has 0 aromatic heterocycles. The molecule has 1 rings (SSSR count). The van der Waals surface area contributed by atoms with E-state index in [4.69, 9.17) is 9.47 Å². The molecule has 1 aromatic carbocycles. The first-order valence-electron chi connectivity index (χ1n) is 7.09. The molecule has 0 saturated heterocycles. The van der Waals surface area contributed by atoms with Crippen molar-refractivity contribution in [1.82, 2.24) is 5.32 Å². The number of ether oxygens (including phenoxy) is 2. The summed E-state index contributed by atoms with van der Waals surface area (Å²) in [5.41, 5.74) is 0.115. The fourth-order valence-electron chi connectivity index (χ4n) is 2.00.